The maximum absolute atomic E-state index is 13.5. The maximum Gasteiger partial charge on any atom is 0.196 e. The Morgan fingerprint density at radius 1 is 1.30 bits per heavy atom. The molecule has 104 valence electrons. The van der Waals surface area contributed by atoms with Crippen LogP contribution in [-0.2, 0) is 0 Å². The number of hydrogen-bond donors (Lipinski definition) is 0. The maximum atomic E-state index is 13.5. The van der Waals surface area contributed by atoms with Gasteiger partial charge in [-0.05, 0) is 42.8 Å². The van der Waals surface area contributed by atoms with E-state index < -0.39 is 5.82 Å². The van der Waals surface area contributed by atoms with Gasteiger partial charge in [-0.3, -0.25) is 4.79 Å². The monoisotopic (exact) mass is 356 g/mol. The SMILES string of the molecule is COc1cc(C)c(Br)cc1C(=O)c1ccc(Cl)c(F)c1. The van der Waals surface area contributed by atoms with E-state index in [0.29, 0.717) is 11.3 Å². The number of aryl methyl sites for hydroxylation is 1. The highest BCUT2D eigenvalue weighted by molar-refractivity contribution is 9.10. The Labute approximate surface area is 129 Å². The van der Waals surface area contributed by atoms with Gasteiger partial charge in [-0.25, -0.2) is 4.39 Å². The molecule has 0 N–H and O–H groups in total. The smallest absolute Gasteiger partial charge is 0.196 e. The summed E-state index contributed by atoms with van der Waals surface area (Å²) < 4.78 is 19.5. The molecule has 0 atom stereocenters. The van der Waals surface area contributed by atoms with Gasteiger partial charge >= 0.3 is 0 Å². The molecule has 2 rings (SSSR count). The predicted octanol–water partition coefficient (Wildman–Crippen LogP) is 4.79. The van der Waals surface area contributed by atoms with Crippen molar-refractivity contribution in [3.05, 3.63) is 62.3 Å². The quantitative estimate of drug-likeness (QED) is 0.738. The highest BCUT2D eigenvalue weighted by atomic mass is 79.9. The molecule has 0 saturated carbocycles. The van der Waals surface area contributed by atoms with Crippen LogP contribution in [-0.4, -0.2) is 12.9 Å². The zero-order valence-electron chi connectivity index (χ0n) is 10.8. The first-order valence-corrected chi connectivity index (χ1v) is 6.95. The van der Waals surface area contributed by atoms with Crippen LogP contribution in [0.15, 0.2) is 34.8 Å². The number of rotatable bonds is 3. The Bertz CT molecular complexity index is 686. The van der Waals surface area contributed by atoms with Gasteiger partial charge in [0.1, 0.15) is 11.6 Å². The topological polar surface area (TPSA) is 26.3 Å². The zero-order chi connectivity index (χ0) is 14.9. The normalized spacial score (nSPS) is 10.4. The Morgan fingerprint density at radius 2 is 2.00 bits per heavy atom. The number of ketones is 1. The van der Waals surface area contributed by atoms with Crippen LogP contribution in [0.25, 0.3) is 0 Å². The second-order valence-electron chi connectivity index (χ2n) is 4.26. The summed E-state index contributed by atoms with van der Waals surface area (Å²) in [6, 6.07) is 7.39. The number of halogens is 3. The van der Waals surface area contributed by atoms with Crippen LogP contribution in [0, 0.1) is 12.7 Å². The standard InChI is InChI=1S/C15H11BrClFO2/c1-8-5-14(20-2)10(7-11(8)16)15(19)9-3-4-12(17)13(18)6-9/h3-7H,1-2H3. The molecule has 0 saturated heterocycles. The molecule has 0 amide bonds. The van der Waals surface area contributed by atoms with Crippen molar-refractivity contribution < 1.29 is 13.9 Å². The molecular weight excluding hydrogens is 347 g/mol. The first-order chi connectivity index (χ1) is 9.43. The van der Waals surface area contributed by atoms with Crippen LogP contribution in [0.4, 0.5) is 4.39 Å². The highest BCUT2D eigenvalue weighted by Gasteiger charge is 2.17. The van der Waals surface area contributed by atoms with Crippen LogP contribution in [0.2, 0.25) is 5.02 Å². The van der Waals surface area contributed by atoms with E-state index in [-0.39, 0.29) is 16.4 Å². The van der Waals surface area contributed by atoms with Gasteiger partial charge in [0.05, 0.1) is 17.7 Å². The number of carbonyl (C=O) groups is 1. The molecule has 0 fully saturated rings. The number of carbonyl (C=O) groups excluding carboxylic acids is 1. The van der Waals surface area contributed by atoms with E-state index in [1.807, 2.05) is 6.92 Å². The summed E-state index contributed by atoms with van der Waals surface area (Å²) in [5, 5.41) is -0.0152. The molecule has 0 unspecified atom stereocenters. The highest BCUT2D eigenvalue weighted by Crippen LogP contribution is 2.29. The van der Waals surface area contributed by atoms with E-state index in [4.69, 9.17) is 16.3 Å². The molecule has 20 heavy (non-hydrogen) atoms. The summed E-state index contributed by atoms with van der Waals surface area (Å²) in [4.78, 5) is 12.4. The van der Waals surface area contributed by atoms with Gasteiger partial charge in [0, 0.05) is 10.0 Å². The van der Waals surface area contributed by atoms with Crippen molar-refractivity contribution in [3.8, 4) is 5.75 Å². The van der Waals surface area contributed by atoms with Crippen molar-refractivity contribution in [2.24, 2.45) is 0 Å². The molecule has 0 spiro atoms. The van der Waals surface area contributed by atoms with E-state index in [1.54, 1.807) is 12.1 Å². The molecular formula is C15H11BrClFO2. The van der Waals surface area contributed by atoms with Crippen molar-refractivity contribution in [2.75, 3.05) is 7.11 Å². The molecule has 0 radical (unpaired) electrons. The Kier molecular flexibility index (Phi) is 4.45. The molecule has 5 heteroatoms. The minimum Gasteiger partial charge on any atom is -0.496 e. The van der Waals surface area contributed by atoms with Crippen LogP contribution in [0.3, 0.4) is 0 Å². The third-order valence-corrected chi connectivity index (χ3v) is 4.07. The Morgan fingerprint density at radius 3 is 2.60 bits per heavy atom. The lowest BCUT2D eigenvalue weighted by molar-refractivity contribution is 0.103. The average Bonchev–Trinajstić information content (AvgIpc) is 2.43. The third-order valence-electron chi connectivity index (χ3n) is 2.91. The first kappa shape index (κ1) is 15.0. The fourth-order valence-corrected chi connectivity index (χ4v) is 2.26. The van der Waals surface area contributed by atoms with Gasteiger partial charge in [-0.1, -0.05) is 27.5 Å². The third kappa shape index (κ3) is 2.86. The number of hydrogen-bond acceptors (Lipinski definition) is 2. The van der Waals surface area contributed by atoms with Gasteiger partial charge in [0.2, 0.25) is 0 Å². The molecule has 0 aliphatic heterocycles. The largest absolute Gasteiger partial charge is 0.496 e. The van der Waals surface area contributed by atoms with Crippen LogP contribution < -0.4 is 4.74 Å². The zero-order valence-corrected chi connectivity index (χ0v) is 13.2. The van der Waals surface area contributed by atoms with Crippen molar-refractivity contribution >= 4 is 33.3 Å². The van der Waals surface area contributed by atoms with Gasteiger partial charge < -0.3 is 4.74 Å². The summed E-state index contributed by atoms with van der Waals surface area (Å²) in [6.07, 6.45) is 0. The molecule has 2 aromatic carbocycles. The van der Waals surface area contributed by atoms with Gasteiger partial charge in [0.25, 0.3) is 0 Å². The Hall–Kier alpha value is -1.39. The molecule has 0 heterocycles. The summed E-state index contributed by atoms with van der Waals surface area (Å²) in [7, 11) is 1.49. The average molecular weight is 358 g/mol. The summed E-state index contributed by atoms with van der Waals surface area (Å²) >= 11 is 8.99. The lowest BCUT2D eigenvalue weighted by Gasteiger charge is -2.10. The van der Waals surface area contributed by atoms with E-state index in [1.165, 1.54) is 19.2 Å². The second kappa shape index (κ2) is 5.94. The molecule has 0 bridgehead atoms. The molecule has 2 nitrogen and oxygen atoms in total. The van der Waals surface area contributed by atoms with Crippen LogP contribution in [0.5, 0.6) is 5.75 Å². The lowest BCUT2D eigenvalue weighted by Crippen LogP contribution is -2.05. The Balaban J connectivity index is 2.52. The minimum absolute atomic E-state index is 0.0152. The number of benzene rings is 2. The van der Waals surface area contributed by atoms with Crippen LogP contribution in [0.1, 0.15) is 21.5 Å². The van der Waals surface area contributed by atoms with E-state index >= 15 is 0 Å². The van der Waals surface area contributed by atoms with Crippen molar-refractivity contribution in [2.45, 2.75) is 6.92 Å². The molecule has 0 aliphatic rings. The van der Waals surface area contributed by atoms with E-state index in [0.717, 1.165) is 16.1 Å². The minimum atomic E-state index is -0.623. The fraction of sp³-hybridized carbons (Fsp3) is 0.133. The van der Waals surface area contributed by atoms with Crippen molar-refractivity contribution in [3.63, 3.8) is 0 Å². The first-order valence-electron chi connectivity index (χ1n) is 5.78. The predicted molar refractivity (Wildman–Crippen MR) is 80.3 cm³/mol. The number of ether oxygens (including phenoxy) is 1. The summed E-state index contributed by atoms with van der Waals surface area (Å²) in [6.45, 7) is 1.89. The van der Waals surface area contributed by atoms with Gasteiger partial charge in [-0.2, -0.15) is 0 Å². The molecule has 0 aromatic heterocycles. The van der Waals surface area contributed by atoms with Crippen LogP contribution >= 0.6 is 27.5 Å². The van der Waals surface area contributed by atoms with Gasteiger partial charge in [0.15, 0.2) is 5.78 Å². The molecule has 2 aromatic rings. The van der Waals surface area contributed by atoms with Gasteiger partial charge in [-0.15, -0.1) is 0 Å². The fourth-order valence-electron chi connectivity index (χ4n) is 1.79. The van der Waals surface area contributed by atoms with Crippen molar-refractivity contribution in [1.82, 2.24) is 0 Å². The number of methoxy groups -OCH3 is 1. The summed E-state index contributed by atoms with van der Waals surface area (Å²) in [5.41, 5.74) is 1.54. The van der Waals surface area contributed by atoms with E-state index in [2.05, 4.69) is 15.9 Å². The van der Waals surface area contributed by atoms with E-state index in [9.17, 15) is 9.18 Å². The second-order valence-corrected chi connectivity index (χ2v) is 5.52. The molecule has 0 aliphatic carbocycles. The summed E-state index contributed by atoms with van der Waals surface area (Å²) in [5.74, 6) is -0.494. The lowest BCUT2D eigenvalue weighted by atomic mass is 10.0. The van der Waals surface area contributed by atoms with Crippen molar-refractivity contribution in [1.29, 1.82) is 0 Å².